The van der Waals surface area contributed by atoms with Crippen LogP contribution in [0.2, 0.25) is 0 Å². The van der Waals surface area contributed by atoms with Crippen molar-refractivity contribution in [3.8, 4) is 0 Å². The molecule has 1 amide bonds. The van der Waals surface area contributed by atoms with Gasteiger partial charge in [0, 0.05) is 10.5 Å². The second-order valence-electron chi connectivity index (χ2n) is 6.50. The fourth-order valence-electron chi connectivity index (χ4n) is 3.32. The van der Waals surface area contributed by atoms with Crippen LogP contribution in [0.1, 0.15) is 50.4 Å². The Labute approximate surface area is 134 Å². The van der Waals surface area contributed by atoms with E-state index in [1.54, 1.807) is 12.1 Å². The Morgan fingerprint density at radius 2 is 2.10 bits per heavy atom. The van der Waals surface area contributed by atoms with E-state index in [9.17, 15) is 9.18 Å². The van der Waals surface area contributed by atoms with Gasteiger partial charge in [-0.2, -0.15) is 0 Å². The molecular formula is C17H23BrFNO. The van der Waals surface area contributed by atoms with Crippen molar-refractivity contribution in [3.05, 3.63) is 34.1 Å². The number of carbonyl (C=O) groups excluding carboxylic acids is 1. The van der Waals surface area contributed by atoms with Gasteiger partial charge in [0.25, 0.3) is 5.91 Å². The Hall–Kier alpha value is -0.900. The Bertz CT molecular complexity index is 497. The van der Waals surface area contributed by atoms with Crippen molar-refractivity contribution < 1.29 is 9.18 Å². The van der Waals surface area contributed by atoms with E-state index in [4.69, 9.17) is 0 Å². The van der Waals surface area contributed by atoms with Gasteiger partial charge < -0.3 is 5.32 Å². The van der Waals surface area contributed by atoms with Gasteiger partial charge in [0.1, 0.15) is 5.82 Å². The molecule has 2 nitrogen and oxygen atoms in total. The molecule has 21 heavy (non-hydrogen) atoms. The molecule has 0 heterocycles. The molecule has 1 aromatic rings. The molecule has 0 aliphatic heterocycles. The minimum Gasteiger partial charge on any atom is -0.349 e. The molecule has 0 saturated heterocycles. The predicted molar refractivity (Wildman–Crippen MR) is 86.7 cm³/mol. The van der Waals surface area contributed by atoms with Gasteiger partial charge in [-0.15, -0.1) is 0 Å². The number of amides is 1. The third kappa shape index (κ3) is 3.85. The molecule has 1 aliphatic carbocycles. The lowest BCUT2D eigenvalue weighted by molar-refractivity contribution is 0.0863. The molecule has 1 N–H and O–H groups in total. The highest BCUT2D eigenvalue weighted by Crippen LogP contribution is 2.34. The lowest BCUT2D eigenvalue weighted by Gasteiger charge is -2.37. The molecule has 0 spiro atoms. The first-order valence-corrected chi connectivity index (χ1v) is 8.44. The molecule has 0 radical (unpaired) electrons. The van der Waals surface area contributed by atoms with Crippen LogP contribution in [0.3, 0.4) is 0 Å². The van der Waals surface area contributed by atoms with Crippen LogP contribution in [-0.2, 0) is 0 Å². The van der Waals surface area contributed by atoms with E-state index in [0.29, 0.717) is 22.2 Å². The molecule has 4 heteroatoms. The van der Waals surface area contributed by atoms with E-state index in [0.717, 1.165) is 12.8 Å². The van der Waals surface area contributed by atoms with Crippen LogP contribution in [0.25, 0.3) is 0 Å². The summed E-state index contributed by atoms with van der Waals surface area (Å²) in [4.78, 5) is 12.4. The number of benzene rings is 1. The van der Waals surface area contributed by atoms with Crippen LogP contribution >= 0.6 is 15.9 Å². The van der Waals surface area contributed by atoms with Crippen molar-refractivity contribution in [2.24, 2.45) is 17.8 Å². The smallest absolute Gasteiger partial charge is 0.255 e. The van der Waals surface area contributed by atoms with Crippen LogP contribution in [0, 0.1) is 23.6 Å². The zero-order valence-electron chi connectivity index (χ0n) is 12.8. The molecule has 1 fully saturated rings. The number of hydrogen-bond donors (Lipinski definition) is 1. The van der Waals surface area contributed by atoms with E-state index >= 15 is 0 Å². The minimum atomic E-state index is -0.480. The monoisotopic (exact) mass is 355 g/mol. The minimum absolute atomic E-state index is 0.109. The van der Waals surface area contributed by atoms with Gasteiger partial charge in [-0.05, 0) is 58.7 Å². The van der Waals surface area contributed by atoms with E-state index in [-0.39, 0.29) is 17.5 Å². The van der Waals surface area contributed by atoms with E-state index in [2.05, 4.69) is 42.0 Å². The summed E-state index contributed by atoms with van der Waals surface area (Å²) in [7, 11) is 0. The number of hydrogen-bond acceptors (Lipinski definition) is 1. The molecule has 3 unspecified atom stereocenters. The Morgan fingerprint density at radius 1 is 1.38 bits per heavy atom. The summed E-state index contributed by atoms with van der Waals surface area (Å²) in [6.07, 6.45) is 3.31. The van der Waals surface area contributed by atoms with Gasteiger partial charge in [0.2, 0.25) is 0 Å². The summed E-state index contributed by atoms with van der Waals surface area (Å²) in [5.41, 5.74) is 0.109. The maximum Gasteiger partial charge on any atom is 0.255 e. The molecule has 1 aromatic carbocycles. The summed E-state index contributed by atoms with van der Waals surface area (Å²) in [5, 5.41) is 3.07. The van der Waals surface area contributed by atoms with E-state index < -0.39 is 5.82 Å². The first-order valence-electron chi connectivity index (χ1n) is 7.65. The van der Waals surface area contributed by atoms with Crippen molar-refractivity contribution in [2.45, 2.75) is 46.1 Å². The van der Waals surface area contributed by atoms with Gasteiger partial charge in [-0.3, -0.25) is 4.79 Å². The first kappa shape index (κ1) is 16.5. The largest absolute Gasteiger partial charge is 0.349 e. The third-order valence-electron chi connectivity index (χ3n) is 4.53. The van der Waals surface area contributed by atoms with Crippen molar-refractivity contribution in [1.82, 2.24) is 5.32 Å². The van der Waals surface area contributed by atoms with Crippen molar-refractivity contribution >= 4 is 21.8 Å². The first-order chi connectivity index (χ1) is 9.90. The molecule has 1 aliphatic rings. The average molecular weight is 356 g/mol. The van der Waals surface area contributed by atoms with Crippen LogP contribution in [0.15, 0.2) is 22.7 Å². The summed E-state index contributed by atoms with van der Waals surface area (Å²) in [6.45, 7) is 6.60. The van der Waals surface area contributed by atoms with Crippen molar-refractivity contribution in [2.75, 3.05) is 0 Å². The average Bonchev–Trinajstić information content (AvgIpc) is 2.38. The van der Waals surface area contributed by atoms with Gasteiger partial charge in [-0.1, -0.05) is 33.3 Å². The van der Waals surface area contributed by atoms with Crippen molar-refractivity contribution in [1.29, 1.82) is 0 Å². The Morgan fingerprint density at radius 3 is 2.71 bits per heavy atom. The number of rotatable bonds is 3. The van der Waals surface area contributed by atoms with Crippen LogP contribution in [0.4, 0.5) is 4.39 Å². The third-order valence-corrected chi connectivity index (χ3v) is 5.19. The van der Waals surface area contributed by atoms with E-state index in [1.807, 2.05) is 0 Å². The lowest BCUT2D eigenvalue weighted by Crippen LogP contribution is -2.45. The zero-order valence-corrected chi connectivity index (χ0v) is 14.4. The van der Waals surface area contributed by atoms with Gasteiger partial charge >= 0.3 is 0 Å². The number of carbonyl (C=O) groups is 1. The fourth-order valence-corrected chi connectivity index (χ4v) is 3.85. The van der Waals surface area contributed by atoms with Gasteiger partial charge in [0.05, 0.1) is 5.56 Å². The van der Waals surface area contributed by atoms with Crippen molar-refractivity contribution in [3.63, 3.8) is 0 Å². The van der Waals surface area contributed by atoms with Gasteiger partial charge in [-0.25, -0.2) is 4.39 Å². The van der Waals surface area contributed by atoms with Crippen LogP contribution in [0.5, 0.6) is 0 Å². The molecule has 2 rings (SSSR count). The molecule has 0 aromatic heterocycles. The maximum absolute atomic E-state index is 13.9. The van der Waals surface area contributed by atoms with Crippen LogP contribution in [-0.4, -0.2) is 11.9 Å². The number of halogens is 2. The normalized spacial score (nSPS) is 25.9. The highest BCUT2D eigenvalue weighted by Gasteiger charge is 2.32. The summed E-state index contributed by atoms with van der Waals surface area (Å²) < 4.78 is 14.4. The van der Waals surface area contributed by atoms with Gasteiger partial charge in [0.15, 0.2) is 0 Å². The standard InChI is InChI=1S/C17H23BrFNO/c1-10(2)12-8-7-11(3)9-15(12)20-17(21)16-13(18)5-4-6-14(16)19/h4-6,10-12,15H,7-9H2,1-3H3,(H,20,21). The lowest BCUT2D eigenvalue weighted by atomic mass is 9.74. The maximum atomic E-state index is 13.9. The fraction of sp³-hybridized carbons (Fsp3) is 0.588. The predicted octanol–water partition coefficient (Wildman–Crippen LogP) is 4.78. The van der Waals surface area contributed by atoms with Crippen LogP contribution < -0.4 is 5.32 Å². The van der Waals surface area contributed by atoms with E-state index in [1.165, 1.54) is 12.5 Å². The molecule has 1 saturated carbocycles. The summed E-state index contributed by atoms with van der Waals surface area (Å²) >= 11 is 3.27. The molecular weight excluding hydrogens is 333 g/mol. The topological polar surface area (TPSA) is 29.1 Å². The highest BCUT2D eigenvalue weighted by atomic mass is 79.9. The molecule has 116 valence electrons. The number of nitrogens with one attached hydrogen (secondary N) is 1. The molecule has 3 atom stereocenters. The Balaban J connectivity index is 2.17. The summed E-state index contributed by atoms with van der Waals surface area (Å²) in [5.74, 6) is 0.800. The highest BCUT2D eigenvalue weighted by molar-refractivity contribution is 9.10. The quantitative estimate of drug-likeness (QED) is 0.830. The SMILES string of the molecule is CC1CCC(C(C)C)C(NC(=O)c2c(F)cccc2Br)C1. The molecule has 0 bridgehead atoms. The second kappa shape index (κ2) is 6.91. The zero-order chi connectivity index (χ0) is 15.6. The Kier molecular flexibility index (Phi) is 5.42. The summed E-state index contributed by atoms with van der Waals surface area (Å²) in [6, 6.07) is 4.74. The second-order valence-corrected chi connectivity index (χ2v) is 7.36.